The molecule has 0 bridgehead atoms. The van der Waals surface area contributed by atoms with Gasteiger partial charge < -0.3 is 20.3 Å². The second-order valence-corrected chi connectivity index (χ2v) is 5.37. The van der Waals surface area contributed by atoms with Crippen molar-refractivity contribution in [2.24, 2.45) is 4.99 Å². The molecule has 2 N–H and O–H groups in total. The Morgan fingerprint density at radius 3 is 2.74 bits per heavy atom. The number of halogens is 1. The maximum atomic E-state index is 5.58. The molecule has 0 spiro atoms. The fourth-order valence-electron chi connectivity index (χ4n) is 2.51. The van der Waals surface area contributed by atoms with E-state index in [1.54, 1.807) is 19.4 Å². The van der Waals surface area contributed by atoms with Crippen LogP contribution in [0.25, 0.3) is 0 Å². The standard InChI is InChI=1S/C16H27N5O.HI/c1-17-16(19-8-12-21-10-3-2-4-11-21)20-9-13-22-15-6-5-7-18-14-15;/h5-7,14H,2-4,8-13H2,1H3,(H2,17,19,20);1H. The summed E-state index contributed by atoms with van der Waals surface area (Å²) in [5, 5.41) is 6.60. The van der Waals surface area contributed by atoms with Crippen LogP contribution in [-0.4, -0.2) is 62.2 Å². The summed E-state index contributed by atoms with van der Waals surface area (Å²) in [6.45, 7) is 5.74. The van der Waals surface area contributed by atoms with Gasteiger partial charge in [-0.1, -0.05) is 6.42 Å². The first-order valence-electron chi connectivity index (χ1n) is 8.08. The number of aromatic nitrogens is 1. The second kappa shape index (κ2) is 12.3. The van der Waals surface area contributed by atoms with Crippen LogP contribution >= 0.6 is 24.0 Å². The monoisotopic (exact) mass is 433 g/mol. The number of nitrogens with zero attached hydrogens (tertiary/aromatic N) is 3. The average Bonchev–Trinajstić information content (AvgIpc) is 2.59. The number of rotatable bonds is 7. The summed E-state index contributed by atoms with van der Waals surface area (Å²) in [6, 6.07) is 3.77. The highest BCUT2D eigenvalue weighted by atomic mass is 127. The number of likely N-dealkylation sites (tertiary alicyclic amines) is 1. The number of ether oxygens (including phenoxy) is 1. The average molecular weight is 433 g/mol. The molecule has 1 aliphatic heterocycles. The van der Waals surface area contributed by atoms with E-state index in [2.05, 4.69) is 25.5 Å². The van der Waals surface area contributed by atoms with Crippen LogP contribution < -0.4 is 15.4 Å². The lowest BCUT2D eigenvalue weighted by atomic mass is 10.1. The van der Waals surface area contributed by atoms with Crippen molar-refractivity contribution in [3.05, 3.63) is 24.5 Å². The van der Waals surface area contributed by atoms with Crippen LogP contribution in [0.3, 0.4) is 0 Å². The molecule has 1 aliphatic rings. The molecule has 0 unspecified atom stereocenters. The van der Waals surface area contributed by atoms with E-state index in [9.17, 15) is 0 Å². The molecule has 1 aromatic rings. The van der Waals surface area contributed by atoms with Crippen molar-refractivity contribution in [2.45, 2.75) is 19.3 Å². The summed E-state index contributed by atoms with van der Waals surface area (Å²) in [4.78, 5) is 10.7. The highest BCUT2D eigenvalue weighted by Crippen LogP contribution is 2.07. The van der Waals surface area contributed by atoms with E-state index < -0.39 is 0 Å². The Hall–Kier alpha value is -1.09. The zero-order valence-corrected chi connectivity index (χ0v) is 16.2. The number of piperidine rings is 1. The van der Waals surface area contributed by atoms with Crippen molar-refractivity contribution in [3.63, 3.8) is 0 Å². The van der Waals surface area contributed by atoms with Crippen molar-refractivity contribution in [1.29, 1.82) is 0 Å². The highest BCUT2D eigenvalue weighted by Gasteiger charge is 2.09. The van der Waals surface area contributed by atoms with Crippen molar-refractivity contribution in [2.75, 3.05) is 46.4 Å². The Morgan fingerprint density at radius 1 is 1.26 bits per heavy atom. The van der Waals surface area contributed by atoms with Crippen molar-refractivity contribution >= 4 is 29.9 Å². The summed E-state index contributed by atoms with van der Waals surface area (Å²) in [7, 11) is 1.79. The molecule has 0 atom stereocenters. The molecule has 6 nitrogen and oxygen atoms in total. The van der Waals surface area contributed by atoms with E-state index in [4.69, 9.17) is 4.74 Å². The van der Waals surface area contributed by atoms with E-state index >= 15 is 0 Å². The van der Waals surface area contributed by atoms with E-state index in [1.807, 2.05) is 12.1 Å². The number of nitrogens with one attached hydrogen (secondary N) is 2. The predicted molar refractivity (Wildman–Crippen MR) is 105 cm³/mol. The first-order valence-corrected chi connectivity index (χ1v) is 8.08. The fraction of sp³-hybridized carbons (Fsp3) is 0.625. The molecule has 2 heterocycles. The Balaban J connectivity index is 0.00000264. The normalized spacial score (nSPS) is 15.6. The zero-order valence-electron chi connectivity index (χ0n) is 13.8. The van der Waals surface area contributed by atoms with Crippen LogP contribution in [0, 0.1) is 0 Å². The fourth-order valence-corrected chi connectivity index (χ4v) is 2.51. The minimum atomic E-state index is 0. The van der Waals surface area contributed by atoms with Crippen LogP contribution in [0.2, 0.25) is 0 Å². The van der Waals surface area contributed by atoms with Crippen LogP contribution in [-0.2, 0) is 0 Å². The van der Waals surface area contributed by atoms with Crippen LogP contribution in [0.15, 0.2) is 29.5 Å². The number of hydrogen-bond acceptors (Lipinski definition) is 4. The number of hydrogen-bond donors (Lipinski definition) is 2. The van der Waals surface area contributed by atoms with Gasteiger partial charge in [0, 0.05) is 26.3 Å². The van der Waals surface area contributed by atoms with Gasteiger partial charge in [-0.05, 0) is 38.1 Å². The lowest BCUT2D eigenvalue weighted by molar-refractivity contribution is 0.232. The van der Waals surface area contributed by atoms with Crippen LogP contribution in [0.5, 0.6) is 5.75 Å². The van der Waals surface area contributed by atoms with Crippen LogP contribution in [0.4, 0.5) is 0 Å². The molecule has 130 valence electrons. The molecule has 23 heavy (non-hydrogen) atoms. The van der Waals surface area contributed by atoms with Gasteiger partial charge in [0.05, 0.1) is 12.7 Å². The molecule has 0 radical (unpaired) electrons. The smallest absolute Gasteiger partial charge is 0.191 e. The summed E-state index contributed by atoms with van der Waals surface area (Å²) in [6.07, 6.45) is 7.49. The zero-order chi connectivity index (χ0) is 15.5. The van der Waals surface area contributed by atoms with Crippen molar-refractivity contribution in [1.82, 2.24) is 20.5 Å². The number of guanidine groups is 1. The Bertz CT molecular complexity index is 437. The summed E-state index contributed by atoms with van der Waals surface area (Å²) in [5.41, 5.74) is 0. The maximum Gasteiger partial charge on any atom is 0.191 e. The SMILES string of the molecule is CN=C(NCCOc1cccnc1)NCCN1CCCCC1.I. The number of pyridine rings is 1. The molecule has 2 rings (SSSR count). The first-order chi connectivity index (χ1) is 10.9. The van der Waals surface area contributed by atoms with Crippen LogP contribution in [0.1, 0.15) is 19.3 Å². The quantitative estimate of drug-likeness (QED) is 0.297. The maximum absolute atomic E-state index is 5.58. The second-order valence-electron chi connectivity index (χ2n) is 5.37. The van der Waals surface area contributed by atoms with Gasteiger partial charge in [0.2, 0.25) is 0 Å². The largest absolute Gasteiger partial charge is 0.490 e. The Labute approximate surface area is 156 Å². The third-order valence-corrected chi connectivity index (χ3v) is 3.69. The lowest BCUT2D eigenvalue weighted by Gasteiger charge is -2.26. The predicted octanol–water partition coefficient (Wildman–Crippen LogP) is 1.73. The van der Waals surface area contributed by atoms with Gasteiger partial charge in [-0.2, -0.15) is 0 Å². The van der Waals surface area contributed by atoms with Gasteiger partial charge in [-0.15, -0.1) is 24.0 Å². The van der Waals surface area contributed by atoms with Gasteiger partial charge in [-0.25, -0.2) is 0 Å². The third-order valence-electron chi connectivity index (χ3n) is 3.69. The van der Waals surface area contributed by atoms with E-state index in [0.29, 0.717) is 13.2 Å². The summed E-state index contributed by atoms with van der Waals surface area (Å²) < 4.78 is 5.58. The summed E-state index contributed by atoms with van der Waals surface area (Å²) in [5.74, 6) is 1.61. The summed E-state index contributed by atoms with van der Waals surface area (Å²) >= 11 is 0. The van der Waals surface area contributed by atoms with Gasteiger partial charge in [0.15, 0.2) is 5.96 Å². The molecule has 0 aromatic carbocycles. The molecule has 1 saturated heterocycles. The van der Waals surface area contributed by atoms with E-state index in [1.165, 1.54) is 32.4 Å². The molecule has 0 aliphatic carbocycles. The third kappa shape index (κ3) is 8.36. The van der Waals surface area contributed by atoms with Crippen molar-refractivity contribution < 1.29 is 4.74 Å². The molecule has 7 heteroatoms. The van der Waals surface area contributed by atoms with Gasteiger partial charge in [0.1, 0.15) is 12.4 Å². The van der Waals surface area contributed by atoms with E-state index in [0.717, 1.165) is 24.8 Å². The number of aliphatic imine (C=N–C) groups is 1. The van der Waals surface area contributed by atoms with Gasteiger partial charge in [-0.3, -0.25) is 9.98 Å². The van der Waals surface area contributed by atoms with Gasteiger partial charge in [0.25, 0.3) is 0 Å². The topological polar surface area (TPSA) is 61.8 Å². The minimum absolute atomic E-state index is 0. The van der Waals surface area contributed by atoms with Crippen molar-refractivity contribution in [3.8, 4) is 5.75 Å². The minimum Gasteiger partial charge on any atom is -0.490 e. The molecule has 0 amide bonds. The highest BCUT2D eigenvalue weighted by molar-refractivity contribution is 14.0. The van der Waals surface area contributed by atoms with Gasteiger partial charge >= 0.3 is 0 Å². The Morgan fingerprint density at radius 2 is 2.04 bits per heavy atom. The Kier molecular flexibility index (Phi) is 10.7. The lowest BCUT2D eigenvalue weighted by Crippen LogP contribution is -2.43. The molecular weight excluding hydrogens is 405 g/mol. The van der Waals surface area contributed by atoms with E-state index in [-0.39, 0.29) is 24.0 Å². The molecule has 0 saturated carbocycles. The molecular formula is C16H28IN5O. The first kappa shape index (κ1) is 20.0. The molecule has 1 fully saturated rings. The molecule has 1 aromatic heterocycles.